The van der Waals surface area contributed by atoms with Crippen molar-refractivity contribution in [2.75, 3.05) is 0 Å². The Labute approximate surface area is 139 Å². The molecule has 0 bridgehead atoms. The Bertz CT molecular complexity index is 675. The van der Waals surface area contributed by atoms with Crippen molar-refractivity contribution in [1.29, 1.82) is 0 Å². The van der Waals surface area contributed by atoms with Crippen LogP contribution in [0.1, 0.15) is 76.3 Å². The van der Waals surface area contributed by atoms with Gasteiger partial charge in [-0.25, -0.2) is 0 Å². The fourth-order valence-corrected chi connectivity index (χ4v) is 4.98. The molecule has 1 aliphatic heterocycles. The number of ether oxygens (including phenoxy) is 1. The lowest BCUT2D eigenvalue weighted by Crippen LogP contribution is -2.35. The van der Waals surface area contributed by atoms with Gasteiger partial charge in [0, 0.05) is 16.9 Å². The van der Waals surface area contributed by atoms with Gasteiger partial charge >= 0.3 is 0 Å². The monoisotopic (exact) mass is 312 g/mol. The van der Waals surface area contributed by atoms with E-state index in [0.29, 0.717) is 11.7 Å². The first-order valence-corrected chi connectivity index (χ1v) is 9.21. The first kappa shape index (κ1) is 15.1. The Morgan fingerprint density at radius 2 is 2.13 bits per heavy atom. The maximum absolute atomic E-state index is 10.7. The molecule has 1 saturated carbocycles. The van der Waals surface area contributed by atoms with Gasteiger partial charge in [-0.3, -0.25) is 0 Å². The third-order valence-electron chi connectivity index (χ3n) is 6.49. The molecule has 1 aromatic carbocycles. The van der Waals surface area contributed by atoms with E-state index < -0.39 is 0 Å². The molecule has 3 atom stereocenters. The average Bonchev–Trinajstić information content (AvgIpc) is 3.09. The van der Waals surface area contributed by atoms with E-state index in [0.717, 1.165) is 24.2 Å². The zero-order chi connectivity index (χ0) is 16.2. The summed E-state index contributed by atoms with van der Waals surface area (Å²) in [7, 11) is 0. The minimum atomic E-state index is -0.0314. The van der Waals surface area contributed by atoms with E-state index >= 15 is 0 Å². The van der Waals surface area contributed by atoms with Gasteiger partial charge in [-0.2, -0.15) is 0 Å². The lowest BCUT2D eigenvalue weighted by Gasteiger charge is -2.39. The molecule has 2 aliphatic carbocycles. The molecule has 0 saturated heterocycles. The zero-order valence-corrected chi connectivity index (χ0v) is 14.6. The Kier molecular flexibility index (Phi) is 3.30. The average molecular weight is 312 g/mol. The quantitative estimate of drug-likeness (QED) is 0.588. The van der Waals surface area contributed by atoms with Crippen LogP contribution < -0.4 is 4.74 Å². The Morgan fingerprint density at radius 1 is 1.30 bits per heavy atom. The Morgan fingerprint density at radius 3 is 2.91 bits per heavy atom. The number of phenols is 1. The van der Waals surface area contributed by atoms with Crippen molar-refractivity contribution in [2.24, 2.45) is 5.41 Å². The van der Waals surface area contributed by atoms with Crippen LogP contribution in [-0.4, -0.2) is 10.7 Å². The van der Waals surface area contributed by atoms with E-state index in [4.69, 9.17) is 4.74 Å². The zero-order valence-electron chi connectivity index (χ0n) is 14.6. The summed E-state index contributed by atoms with van der Waals surface area (Å²) in [5.41, 5.74) is 3.90. The largest absolute Gasteiger partial charge is 0.507 e. The molecule has 3 aliphatic rings. The molecule has 4 rings (SSSR count). The van der Waals surface area contributed by atoms with Crippen LogP contribution in [0.5, 0.6) is 11.5 Å². The second kappa shape index (κ2) is 5.03. The fourth-order valence-electron chi connectivity index (χ4n) is 4.98. The van der Waals surface area contributed by atoms with Crippen LogP contribution in [0.2, 0.25) is 0 Å². The second-order valence-corrected chi connectivity index (χ2v) is 8.14. The molecule has 1 spiro atoms. The fraction of sp³-hybridized carbons (Fsp3) is 0.619. The van der Waals surface area contributed by atoms with Crippen LogP contribution in [0, 0.1) is 5.41 Å². The van der Waals surface area contributed by atoms with E-state index in [2.05, 4.69) is 32.9 Å². The Balaban J connectivity index is 1.73. The summed E-state index contributed by atoms with van der Waals surface area (Å²) in [6, 6.07) is 4.17. The smallest absolute Gasteiger partial charge is 0.127 e. The van der Waals surface area contributed by atoms with Crippen LogP contribution in [-0.2, 0) is 6.42 Å². The number of hydrogen-bond acceptors (Lipinski definition) is 2. The summed E-state index contributed by atoms with van der Waals surface area (Å²) in [5, 5.41) is 10.7. The number of benzene rings is 1. The van der Waals surface area contributed by atoms with Crippen LogP contribution in [0.25, 0.3) is 0 Å². The van der Waals surface area contributed by atoms with Gasteiger partial charge < -0.3 is 9.84 Å². The van der Waals surface area contributed by atoms with Crippen molar-refractivity contribution in [2.45, 2.75) is 77.2 Å². The lowest BCUT2D eigenvalue weighted by atomic mass is 9.71. The van der Waals surface area contributed by atoms with Crippen LogP contribution >= 0.6 is 0 Å². The van der Waals surface area contributed by atoms with Crippen molar-refractivity contribution in [3.05, 3.63) is 34.9 Å². The highest BCUT2D eigenvalue weighted by molar-refractivity contribution is 5.57. The predicted octanol–water partition coefficient (Wildman–Crippen LogP) is 5.49. The number of allylic oxidation sites excluding steroid dienone is 2. The van der Waals surface area contributed by atoms with Crippen molar-refractivity contribution in [3.63, 3.8) is 0 Å². The molecule has 2 heteroatoms. The molecule has 0 radical (unpaired) electrons. The van der Waals surface area contributed by atoms with E-state index in [-0.39, 0.29) is 11.0 Å². The Hall–Kier alpha value is -1.44. The first-order valence-electron chi connectivity index (χ1n) is 9.21. The summed E-state index contributed by atoms with van der Waals surface area (Å²) < 4.78 is 6.43. The van der Waals surface area contributed by atoms with Crippen molar-refractivity contribution < 1.29 is 9.84 Å². The summed E-state index contributed by atoms with van der Waals surface area (Å²) >= 11 is 0. The number of unbranched alkanes of at least 4 members (excludes halogenated alkanes) is 2. The van der Waals surface area contributed by atoms with Crippen molar-refractivity contribution >= 4 is 0 Å². The van der Waals surface area contributed by atoms with Crippen LogP contribution in [0.15, 0.2) is 23.8 Å². The maximum Gasteiger partial charge on any atom is 0.127 e. The topological polar surface area (TPSA) is 29.5 Å². The highest BCUT2D eigenvalue weighted by Gasteiger charge is 2.72. The molecule has 2 nitrogen and oxygen atoms in total. The lowest BCUT2D eigenvalue weighted by molar-refractivity contribution is 0.104. The van der Waals surface area contributed by atoms with Gasteiger partial charge in [0.15, 0.2) is 0 Å². The van der Waals surface area contributed by atoms with Gasteiger partial charge in [0.05, 0.1) is 0 Å². The predicted molar refractivity (Wildman–Crippen MR) is 93.2 cm³/mol. The molecule has 1 N–H and O–H groups in total. The van der Waals surface area contributed by atoms with Gasteiger partial charge in [-0.05, 0) is 63.6 Å². The van der Waals surface area contributed by atoms with E-state index in [1.807, 2.05) is 6.07 Å². The van der Waals surface area contributed by atoms with Crippen LogP contribution in [0.4, 0.5) is 0 Å². The molecule has 23 heavy (non-hydrogen) atoms. The number of aryl methyl sites for hydroxylation is 1. The summed E-state index contributed by atoms with van der Waals surface area (Å²) in [5.74, 6) is 1.70. The molecule has 124 valence electrons. The number of phenolic OH excluding ortho intramolecular Hbond substituents is 1. The minimum absolute atomic E-state index is 0.0314. The third-order valence-corrected chi connectivity index (χ3v) is 6.49. The first-order chi connectivity index (χ1) is 11.0. The third kappa shape index (κ3) is 2.14. The van der Waals surface area contributed by atoms with Gasteiger partial charge in [-0.15, -0.1) is 0 Å². The van der Waals surface area contributed by atoms with Gasteiger partial charge in [0.2, 0.25) is 0 Å². The van der Waals surface area contributed by atoms with E-state index in [1.54, 1.807) is 0 Å². The van der Waals surface area contributed by atoms with E-state index in [1.165, 1.54) is 43.2 Å². The molecular weight excluding hydrogens is 284 g/mol. The van der Waals surface area contributed by atoms with Crippen molar-refractivity contribution in [1.82, 2.24) is 0 Å². The molecule has 1 unspecified atom stereocenters. The number of aromatic hydroxyl groups is 1. The molecular formula is C21H28O2. The summed E-state index contributed by atoms with van der Waals surface area (Å²) in [4.78, 5) is 0. The molecule has 1 fully saturated rings. The van der Waals surface area contributed by atoms with Gasteiger partial charge in [0.25, 0.3) is 0 Å². The highest BCUT2D eigenvalue weighted by atomic mass is 16.5. The van der Waals surface area contributed by atoms with Gasteiger partial charge in [0.1, 0.15) is 17.1 Å². The summed E-state index contributed by atoms with van der Waals surface area (Å²) in [6.45, 7) is 6.70. The maximum atomic E-state index is 10.7. The molecule has 1 heterocycles. The molecule has 0 amide bonds. The standard InChI is InChI=1S/C21H28O2/c1-4-5-6-7-15-11-17(22)19-16-10-14(2)8-9-21(16)13-20(21,3)23-18(19)12-15/h10-12,16,22H,4-9,13H2,1-3H3/t16-,20?,21-/m0/s1. The number of hydrogen-bond donors (Lipinski definition) is 1. The summed E-state index contributed by atoms with van der Waals surface area (Å²) in [6.07, 6.45) is 10.5. The second-order valence-electron chi connectivity index (χ2n) is 8.14. The van der Waals surface area contributed by atoms with Gasteiger partial charge in [-0.1, -0.05) is 31.4 Å². The normalized spacial score (nSPS) is 33.9. The number of fused-ring (bicyclic) bond motifs is 2. The minimum Gasteiger partial charge on any atom is -0.507 e. The van der Waals surface area contributed by atoms with Crippen LogP contribution in [0.3, 0.4) is 0 Å². The van der Waals surface area contributed by atoms with Crippen molar-refractivity contribution in [3.8, 4) is 11.5 Å². The highest BCUT2D eigenvalue weighted by Crippen LogP contribution is 2.74. The molecule has 1 aromatic rings. The van der Waals surface area contributed by atoms with E-state index in [9.17, 15) is 5.11 Å². The SMILES string of the molecule is CCCCCc1cc(O)c2c(c1)OC1(C)C[C@]13CCC(C)=C[C@@H]23. The molecule has 0 aromatic heterocycles. The number of rotatable bonds is 4.